The Hall–Kier alpha value is -2.77. The topological polar surface area (TPSA) is 116 Å². The maximum Gasteiger partial charge on any atom is 0.343 e. The van der Waals surface area contributed by atoms with Gasteiger partial charge in [0.1, 0.15) is 17.1 Å². The standard InChI is InChI=1S/C21H26O7/c1-11(2)7-15(23)14-5-6-17(18(21(25)26)20(14)27-4)28-19-13(10-22)8-12(3)9-16(19)24/h5-6,8-9,11,15,22-24H,7,10H2,1-4H3,(H,25,26)/t15-/m0/s1. The van der Waals surface area contributed by atoms with Gasteiger partial charge in [0.05, 0.1) is 19.8 Å². The predicted octanol–water partition coefficient (Wildman–Crippen LogP) is 3.77. The van der Waals surface area contributed by atoms with Crippen molar-refractivity contribution in [2.45, 2.75) is 39.9 Å². The van der Waals surface area contributed by atoms with Gasteiger partial charge in [0.2, 0.25) is 0 Å². The number of carbonyl (C=O) groups is 1. The summed E-state index contributed by atoms with van der Waals surface area (Å²) < 4.78 is 11.0. The van der Waals surface area contributed by atoms with Gasteiger partial charge in [-0.15, -0.1) is 0 Å². The number of aryl methyl sites for hydroxylation is 1. The minimum atomic E-state index is -1.30. The van der Waals surface area contributed by atoms with E-state index in [0.29, 0.717) is 17.5 Å². The zero-order valence-electron chi connectivity index (χ0n) is 16.4. The number of aliphatic hydroxyl groups is 2. The van der Waals surface area contributed by atoms with Crippen molar-refractivity contribution in [3.63, 3.8) is 0 Å². The lowest BCUT2D eigenvalue weighted by Gasteiger charge is -2.21. The summed E-state index contributed by atoms with van der Waals surface area (Å²) >= 11 is 0. The van der Waals surface area contributed by atoms with Crippen molar-refractivity contribution < 1.29 is 34.7 Å². The van der Waals surface area contributed by atoms with E-state index in [2.05, 4.69) is 0 Å². The van der Waals surface area contributed by atoms with Crippen molar-refractivity contribution in [1.82, 2.24) is 0 Å². The number of hydrogen-bond donors (Lipinski definition) is 4. The van der Waals surface area contributed by atoms with E-state index in [1.54, 1.807) is 13.0 Å². The Balaban J connectivity index is 2.59. The van der Waals surface area contributed by atoms with E-state index in [1.165, 1.54) is 25.3 Å². The zero-order valence-corrected chi connectivity index (χ0v) is 16.4. The second-order valence-corrected chi connectivity index (χ2v) is 7.04. The molecule has 152 valence electrons. The number of phenols is 1. The van der Waals surface area contributed by atoms with Crippen molar-refractivity contribution in [3.05, 3.63) is 46.5 Å². The van der Waals surface area contributed by atoms with Crippen molar-refractivity contribution >= 4 is 5.97 Å². The third-order valence-electron chi connectivity index (χ3n) is 4.29. The van der Waals surface area contributed by atoms with Crippen molar-refractivity contribution in [3.8, 4) is 23.0 Å². The summed E-state index contributed by atoms with van der Waals surface area (Å²) in [6.07, 6.45) is -0.467. The number of aromatic carboxylic acids is 1. The number of rotatable bonds is 8. The molecular weight excluding hydrogens is 364 g/mol. The SMILES string of the molecule is COc1c([C@@H](O)CC(C)C)ccc(Oc2c(O)cc(C)cc2CO)c1C(=O)O. The van der Waals surface area contributed by atoms with E-state index in [0.717, 1.165) is 5.56 Å². The van der Waals surface area contributed by atoms with Crippen LogP contribution in [0.4, 0.5) is 0 Å². The molecule has 7 heteroatoms. The molecule has 0 unspecified atom stereocenters. The smallest absolute Gasteiger partial charge is 0.343 e. The molecule has 0 aliphatic carbocycles. The molecule has 0 bridgehead atoms. The van der Waals surface area contributed by atoms with Gasteiger partial charge in [-0.25, -0.2) is 4.79 Å². The Labute approximate surface area is 163 Å². The second kappa shape index (κ2) is 8.95. The normalized spacial score (nSPS) is 12.1. The van der Waals surface area contributed by atoms with Crippen molar-refractivity contribution in [2.75, 3.05) is 7.11 Å². The fraction of sp³-hybridized carbons (Fsp3) is 0.381. The molecule has 4 N–H and O–H groups in total. The highest BCUT2D eigenvalue weighted by Gasteiger charge is 2.26. The molecular formula is C21H26O7. The van der Waals surface area contributed by atoms with E-state index >= 15 is 0 Å². The van der Waals surface area contributed by atoms with Crippen LogP contribution < -0.4 is 9.47 Å². The van der Waals surface area contributed by atoms with E-state index < -0.39 is 18.7 Å². The lowest BCUT2D eigenvalue weighted by molar-refractivity contribution is 0.0689. The van der Waals surface area contributed by atoms with Crippen LogP contribution in [0.25, 0.3) is 0 Å². The largest absolute Gasteiger partial charge is 0.504 e. The third kappa shape index (κ3) is 4.55. The first kappa shape index (κ1) is 21.5. The van der Waals surface area contributed by atoms with Crippen LogP contribution in [-0.2, 0) is 6.61 Å². The number of benzene rings is 2. The maximum atomic E-state index is 11.9. The average Bonchev–Trinajstić information content (AvgIpc) is 2.61. The molecule has 0 heterocycles. The molecule has 0 fully saturated rings. The molecule has 0 amide bonds. The van der Waals surface area contributed by atoms with E-state index in [9.17, 15) is 25.2 Å². The van der Waals surface area contributed by atoms with Crippen LogP contribution >= 0.6 is 0 Å². The second-order valence-electron chi connectivity index (χ2n) is 7.04. The molecule has 7 nitrogen and oxygen atoms in total. The molecule has 2 rings (SSSR count). The van der Waals surface area contributed by atoms with Gasteiger partial charge in [0, 0.05) is 11.1 Å². The number of ether oxygens (including phenoxy) is 2. The fourth-order valence-corrected chi connectivity index (χ4v) is 3.10. The molecule has 0 spiro atoms. The summed E-state index contributed by atoms with van der Waals surface area (Å²) in [6, 6.07) is 6.03. The van der Waals surface area contributed by atoms with Crippen LogP contribution in [0.1, 0.15) is 53.4 Å². The first-order valence-electron chi connectivity index (χ1n) is 8.93. The van der Waals surface area contributed by atoms with Crippen LogP contribution in [0, 0.1) is 12.8 Å². The summed E-state index contributed by atoms with van der Waals surface area (Å²) in [5.41, 5.74) is 1.11. The van der Waals surface area contributed by atoms with Crippen LogP contribution in [0.5, 0.6) is 23.0 Å². The van der Waals surface area contributed by atoms with E-state index in [-0.39, 0.29) is 34.5 Å². The number of methoxy groups -OCH3 is 1. The van der Waals surface area contributed by atoms with Gasteiger partial charge in [-0.05, 0) is 49.1 Å². The van der Waals surface area contributed by atoms with Crippen molar-refractivity contribution in [2.24, 2.45) is 5.92 Å². The van der Waals surface area contributed by atoms with Crippen molar-refractivity contribution in [1.29, 1.82) is 0 Å². The van der Waals surface area contributed by atoms with Gasteiger partial charge in [0.25, 0.3) is 0 Å². The summed E-state index contributed by atoms with van der Waals surface area (Å²) in [5.74, 6) is -1.44. The minimum absolute atomic E-state index is 0.00435. The number of phenolic OH excluding ortho intramolecular Hbond substituents is 1. The van der Waals surface area contributed by atoms with Crippen LogP contribution in [-0.4, -0.2) is 33.5 Å². The van der Waals surface area contributed by atoms with Gasteiger partial charge in [0.15, 0.2) is 11.5 Å². The number of carboxylic acid groups (broad SMARTS) is 1. The summed E-state index contributed by atoms with van der Waals surface area (Å²) in [4.78, 5) is 11.9. The average molecular weight is 390 g/mol. The Bertz CT molecular complexity index is 858. The highest BCUT2D eigenvalue weighted by molar-refractivity contribution is 5.95. The lowest BCUT2D eigenvalue weighted by Crippen LogP contribution is -2.10. The molecule has 2 aromatic rings. The van der Waals surface area contributed by atoms with Crippen LogP contribution in [0.15, 0.2) is 24.3 Å². The lowest BCUT2D eigenvalue weighted by atomic mass is 9.96. The van der Waals surface area contributed by atoms with E-state index in [4.69, 9.17) is 9.47 Å². The Morgan fingerprint density at radius 3 is 2.39 bits per heavy atom. The first-order chi connectivity index (χ1) is 13.2. The molecule has 28 heavy (non-hydrogen) atoms. The molecule has 0 aliphatic rings. The summed E-state index contributed by atoms with van der Waals surface area (Å²) in [5, 5.41) is 40.0. The number of carboxylic acids is 1. The predicted molar refractivity (Wildman–Crippen MR) is 103 cm³/mol. The van der Waals surface area contributed by atoms with Crippen LogP contribution in [0.2, 0.25) is 0 Å². The molecule has 1 atom stereocenters. The zero-order chi connectivity index (χ0) is 21.0. The summed E-state index contributed by atoms with van der Waals surface area (Å²) in [7, 11) is 1.32. The van der Waals surface area contributed by atoms with Gasteiger partial charge in [-0.3, -0.25) is 0 Å². The molecule has 0 saturated heterocycles. The van der Waals surface area contributed by atoms with Gasteiger partial charge in [-0.1, -0.05) is 13.8 Å². The van der Waals surface area contributed by atoms with Crippen LogP contribution in [0.3, 0.4) is 0 Å². The van der Waals surface area contributed by atoms with E-state index in [1.807, 2.05) is 13.8 Å². The highest BCUT2D eigenvalue weighted by atomic mass is 16.5. The minimum Gasteiger partial charge on any atom is -0.504 e. The molecule has 2 aromatic carbocycles. The monoisotopic (exact) mass is 390 g/mol. The molecule has 0 aromatic heterocycles. The van der Waals surface area contributed by atoms with Gasteiger partial charge in [-0.2, -0.15) is 0 Å². The fourth-order valence-electron chi connectivity index (χ4n) is 3.10. The number of hydrogen-bond acceptors (Lipinski definition) is 6. The number of aliphatic hydroxyl groups excluding tert-OH is 2. The quantitative estimate of drug-likeness (QED) is 0.542. The molecule has 0 saturated carbocycles. The highest BCUT2D eigenvalue weighted by Crippen LogP contribution is 2.42. The van der Waals surface area contributed by atoms with Gasteiger partial charge >= 0.3 is 5.97 Å². The maximum absolute atomic E-state index is 11.9. The molecule has 0 aliphatic heterocycles. The molecule has 0 radical (unpaired) electrons. The number of aromatic hydroxyl groups is 1. The Kier molecular flexibility index (Phi) is 6.88. The Morgan fingerprint density at radius 1 is 1.18 bits per heavy atom. The first-order valence-corrected chi connectivity index (χ1v) is 8.93. The Morgan fingerprint density at radius 2 is 1.86 bits per heavy atom. The third-order valence-corrected chi connectivity index (χ3v) is 4.29. The summed E-state index contributed by atoms with van der Waals surface area (Å²) in [6.45, 7) is 5.25. The van der Waals surface area contributed by atoms with Gasteiger partial charge < -0.3 is 29.9 Å².